The van der Waals surface area contributed by atoms with Crippen LogP contribution in [0.15, 0.2) is 103 Å². The number of nitrogens with zero attached hydrogens (tertiary/aromatic N) is 2. The minimum atomic E-state index is -4.66. The highest BCUT2D eigenvalue weighted by molar-refractivity contribution is 6.00. The van der Waals surface area contributed by atoms with Crippen molar-refractivity contribution in [2.45, 2.75) is 23.8 Å². The number of benzene rings is 2. The molecule has 3 atom stereocenters. The van der Waals surface area contributed by atoms with Gasteiger partial charge in [-0.05, 0) is 29.8 Å². The number of halogens is 3. The standard InChI is InChI=1S/C27H22F3N5O/c28-27(29,30)23(17-6-2-1-3-7-17)34-25(36)19-10-11-22-26(20-8-4-5-9-21(20)33-24(19)26)32-16-35(22)18-12-14-31-15-13-18/h1-15,22-23,32-33H,16H2,(H,34,36). The summed E-state index contributed by atoms with van der Waals surface area (Å²) in [5, 5.41) is 9.15. The Labute approximate surface area is 205 Å². The molecule has 3 aliphatic rings. The first-order valence-electron chi connectivity index (χ1n) is 11.5. The van der Waals surface area contributed by atoms with Crippen LogP contribution in [0.4, 0.5) is 24.5 Å². The second-order valence-electron chi connectivity index (χ2n) is 8.94. The van der Waals surface area contributed by atoms with Crippen LogP contribution in [0.1, 0.15) is 17.2 Å². The number of anilines is 2. The van der Waals surface area contributed by atoms with E-state index in [0.717, 1.165) is 16.9 Å². The molecule has 182 valence electrons. The average molecular weight is 490 g/mol. The monoisotopic (exact) mass is 489 g/mol. The third-order valence-electron chi connectivity index (χ3n) is 7.00. The minimum Gasteiger partial charge on any atom is -0.356 e. The van der Waals surface area contributed by atoms with Crippen molar-refractivity contribution >= 4 is 17.3 Å². The van der Waals surface area contributed by atoms with Crippen LogP contribution in [0, 0.1) is 0 Å². The van der Waals surface area contributed by atoms with Crippen molar-refractivity contribution in [3.8, 4) is 0 Å². The number of carbonyl (C=O) groups is 1. The Morgan fingerprint density at radius 1 is 1.06 bits per heavy atom. The molecule has 3 N–H and O–H groups in total. The Morgan fingerprint density at radius 2 is 1.78 bits per heavy atom. The van der Waals surface area contributed by atoms with Gasteiger partial charge in [-0.1, -0.05) is 54.6 Å². The van der Waals surface area contributed by atoms with Gasteiger partial charge in [0.2, 0.25) is 0 Å². The Balaban J connectivity index is 1.42. The van der Waals surface area contributed by atoms with Crippen molar-refractivity contribution in [2.75, 3.05) is 16.9 Å². The largest absolute Gasteiger partial charge is 0.412 e. The number of nitrogens with one attached hydrogen (secondary N) is 3. The van der Waals surface area contributed by atoms with Gasteiger partial charge in [0.1, 0.15) is 5.54 Å². The molecule has 6 nitrogen and oxygen atoms in total. The maximum absolute atomic E-state index is 14.0. The van der Waals surface area contributed by atoms with Gasteiger partial charge >= 0.3 is 6.18 Å². The molecule has 6 rings (SSSR count). The van der Waals surface area contributed by atoms with Gasteiger partial charge in [-0.15, -0.1) is 0 Å². The summed E-state index contributed by atoms with van der Waals surface area (Å²) in [7, 11) is 0. The van der Waals surface area contributed by atoms with Crippen molar-refractivity contribution in [2.24, 2.45) is 0 Å². The Kier molecular flexibility index (Phi) is 5.11. The molecule has 0 radical (unpaired) electrons. The molecule has 0 bridgehead atoms. The van der Waals surface area contributed by atoms with E-state index in [1.807, 2.05) is 42.5 Å². The molecule has 0 saturated carbocycles. The van der Waals surface area contributed by atoms with E-state index in [1.54, 1.807) is 24.5 Å². The highest BCUT2D eigenvalue weighted by atomic mass is 19.4. The second kappa shape index (κ2) is 8.23. The van der Waals surface area contributed by atoms with Crippen LogP contribution < -0.4 is 20.9 Å². The van der Waals surface area contributed by atoms with Gasteiger partial charge < -0.3 is 15.5 Å². The van der Waals surface area contributed by atoms with E-state index < -0.39 is 23.7 Å². The van der Waals surface area contributed by atoms with Gasteiger partial charge in [0.25, 0.3) is 5.91 Å². The first kappa shape index (κ1) is 22.4. The molecule has 1 fully saturated rings. The lowest BCUT2D eigenvalue weighted by atomic mass is 9.77. The number of aromatic nitrogens is 1. The molecule has 3 unspecified atom stereocenters. The summed E-state index contributed by atoms with van der Waals surface area (Å²) in [6.45, 7) is 0.475. The Morgan fingerprint density at radius 3 is 2.53 bits per heavy atom. The average Bonchev–Trinajstić information content (AvgIpc) is 3.45. The first-order valence-corrected chi connectivity index (χ1v) is 11.5. The number of para-hydroxylation sites is 1. The van der Waals surface area contributed by atoms with E-state index in [9.17, 15) is 18.0 Å². The number of amides is 1. The van der Waals surface area contributed by atoms with Crippen LogP contribution in [0.2, 0.25) is 0 Å². The van der Waals surface area contributed by atoms with Crippen LogP contribution >= 0.6 is 0 Å². The van der Waals surface area contributed by atoms with E-state index in [-0.39, 0.29) is 17.2 Å². The Bertz CT molecular complexity index is 1370. The molecule has 9 heteroatoms. The predicted octanol–water partition coefficient (Wildman–Crippen LogP) is 4.38. The van der Waals surface area contributed by atoms with E-state index >= 15 is 0 Å². The molecule has 2 aromatic carbocycles. The van der Waals surface area contributed by atoms with Crippen LogP contribution in [0.5, 0.6) is 0 Å². The zero-order valence-corrected chi connectivity index (χ0v) is 19.0. The van der Waals surface area contributed by atoms with Crippen molar-refractivity contribution in [3.05, 3.63) is 114 Å². The molecular formula is C27H22F3N5O. The van der Waals surface area contributed by atoms with Gasteiger partial charge in [0.05, 0.1) is 24.0 Å². The van der Waals surface area contributed by atoms with Gasteiger partial charge in [0, 0.05) is 29.3 Å². The van der Waals surface area contributed by atoms with E-state index in [0.29, 0.717) is 12.4 Å². The number of alkyl halides is 3. The predicted molar refractivity (Wildman–Crippen MR) is 130 cm³/mol. The van der Waals surface area contributed by atoms with Crippen LogP contribution in [0.3, 0.4) is 0 Å². The number of pyridine rings is 1. The van der Waals surface area contributed by atoms with E-state index in [2.05, 4.69) is 25.8 Å². The van der Waals surface area contributed by atoms with Crippen molar-refractivity contribution < 1.29 is 18.0 Å². The third kappa shape index (κ3) is 3.38. The molecule has 36 heavy (non-hydrogen) atoms. The highest BCUT2D eigenvalue weighted by Gasteiger charge is 2.57. The zero-order chi connectivity index (χ0) is 24.9. The summed E-state index contributed by atoms with van der Waals surface area (Å²) < 4.78 is 41.9. The SMILES string of the molecule is O=C(NC(c1ccccc1)C(F)(F)F)C1=C2Nc3ccccc3C23NCN(c2ccncc2)C3C=C1. The minimum absolute atomic E-state index is 0.0261. The normalized spacial score (nSPS) is 23.0. The maximum Gasteiger partial charge on any atom is 0.412 e. The third-order valence-corrected chi connectivity index (χ3v) is 7.00. The number of hydrogen-bond donors (Lipinski definition) is 3. The fourth-order valence-corrected chi connectivity index (χ4v) is 5.43. The van der Waals surface area contributed by atoms with Crippen molar-refractivity contribution in [1.82, 2.24) is 15.6 Å². The molecule has 1 aromatic heterocycles. The van der Waals surface area contributed by atoms with Crippen LogP contribution in [0.25, 0.3) is 0 Å². The Hall–Kier alpha value is -4.11. The summed E-state index contributed by atoms with van der Waals surface area (Å²) in [5.74, 6) is -0.797. The molecule has 1 amide bonds. The molecule has 1 aliphatic carbocycles. The lowest BCUT2D eigenvalue weighted by Gasteiger charge is -2.37. The van der Waals surface area contributed by atoms with Crippen LogP contribution in [-0.2, 0) is 10.3 Å². The maximum atomic E-state index is 14.0. The molecule has 1 saturated heterocycles. The van der Waals surface area contributed by atoms with Gasteiger partial charge in [-0.25, -0.2) is 0 Å². The number of rotatable bonds is 4. The summed E-state index contributed by atoms with van der Waals surface area (Å²) in [6.07, 6.45) is 2.27. The molecular weight excluding hydrogens is 467 g/mol. The second-order valence-corrected chi connectivity index (χ2v) is 8.94. The summed E-state index contributed by atoms with van der Waals surface area (Å²) in [6, 6.07) is 16.5. The highest BCUT2D eigenvalue weighted by Crippen LogP contribution is 2.52. The fourth-order valence-electron chi connectivity index (χ4n) is 5.43. The first-order chi connectivity index (χ1) is 17.4. The smallest absolute Gasteiger partial charge is 0.356 e. The molecule has 2 aliphatic heterocycles. The van der Waals surface area contributed by atoms with Crippen LogP contribution in [-0.4, -0.2) is 29.8 Å². The van der Waals surface area contributed by atoms with Gasteiger partial charge in [-0.3, -0.25) is 15.1 Å². The lowest BCUT2D eigenvalue weighted by molar-refractivity contribution is -0.162. The van der Waals surface area contributed by atoms with Crippen molar-refractivity contribution in [1.29, 1.82) is 0 Å². The molecule has 3 heterocycles. The van der Waals surface area contributed by atoms with E-state index in [1.165, 1.54) is 24.3 Å². The quantitative estimate of drug-likeness (QED) is 0.508. The lowest BCUT2D eigenvalue weighted by Crippen LogP contribution is -2.50. The summed E-state index contributed by atoms with van der Waals surface area (Å²) in [5.41, 5.74) is 2.55. The fraction of sp³-hybridized carbons (Fsp3) is 0.185. The van der Waals surface area contributed by atoms with E-state index in [4.69, 9.17) is 0 Å². The molecule has 3 aromatic rings. The van der Waals surface area contributed by atoms with Gasteiger partial charge in [0.15, 0.2) is 6.04 Å². The van der Waals surface area contributed by atoms with Gasteiger partial charge in [-0.2, -0.15) is 13.2 Å². The summed E-state index contributed by atoms with van der Waals surface area (Å²) >= 11 is 0. The topological polar surface area (TPSA) is 69.3 Å². The zero-order valence-electron chi connectivity index (χ0n) is 19.0. The molecule has 1 spiro atoms. The summed E-state index contributed by atoms with van der Waals surface area (Å²) in [4.78, 5) is 19.7. The number of carbonyl (C=O) groups excluding carboxylic acids is 1. The van der Waals surface area contributed by atoms with Crippen molar-refractivity contribution in [3.63, 3.8) is 0 Å². The number of fused-ring (bicyclic) bond motifs is 1. The number of hydrogen-bond acceptors (Lipinski definition) is 5.